The highest BCUT2D eigenvalue weighted by atomic mass is 79.9. The Labute approximate surface area is 132 Å². The van der Waals surface area contributed by atoms with Crippen molar-refractivity contribution in [3.8, 4) is 0 Å². The maximum Gasteiger partial charge on any atom is 0.226 e. The van der Waals surface area contributed by atoms with Crippen molar-refractivity contribution in [3.05, 3.63) is 28.2 Å². The normalized spacial score (nSPS) is 30.6. The molecule has 0 radical (unpaired) electrons. The summed E-state index contributed by atoms with van der Waals surface area (Å²) in [4.78, 5) is 14.7. The third-order valence-corrected chi connectivity index (χ3v) is 5.53. The molecule has 1 aromatic rings. The molecular formula is C16H19BrN2O2. The molecule has 0 bridgehead atoms. The first-order valence-corrected chi connectivity index (χ1v) is 8.45. The summed E-state index contributed by atoms with van der Waals surface area (Å²) in [6.45, 7) is 0.928. The number of hydrogen-bond donors (Lipinski definition) is 2. The minimum atomic E-state index is 0.0423. The summed E-state index contributed by atoms with van der Waals surface area (Å²) in [7, 11) is 0. The SMILES string of the molecule is O=C(C1CC1)N1CC[C@@H]2[C@H](CO)Nc3ccc(Br)cc3[C@@H]21. The lowest BCUT2D eigenvalue weighted by Crippen LogP contribution is -2.43. The second-order valence-electron chi connectivity index (χ2n) is 6.37. The van der Waals surface area contributed by atoms with E-state index in [2.05, 4.69) is 32.2 Å². The first kappa shape index (κ1) is 13.6. The molecule has 2 heterocycles. The Bertz CT molecular complexity index is 588. The van der Waals surface area contributed by atoms with E-state index in [0.29, 0.717) is 11.8 Å². The van der Waals surface area contributed by atoms with E-state index in [0.717, 1.165) is 36.0 Å². The molecule has 2 aliphatic heterocycles. The van der Waals surface area contributed by atoms with Gasteiger partial charge in [-0.1, -0.05) is 15.9 Å². The van der Waals surface area contributed by atoms with Crippen molar-refractivity contribution >= 4 is 27.5 Å². The van der Waals surface area contributed by atoms with E-state index in [9.17, 15) is 9.90 Å². The highest BCUT2D eigenvalue weighted by Crippen LogP contribution is 2.48. The number of hydrogen-bond acceptors (Lipinski definition) is 3. The Kier molecular flexibility index (Phi) is 3.23. The number of amides is 1. The summed E-state index contributed by atoms with van der Waals surface area (Å²) < 4.78 is 1.04. The fourth-order valence-electron chi connectivity index (χ4n) is 3.85. The standard InChI is InChI=1S/C16H19BrN2O2/c17-10-3-4-13-12(7-10)15-11(14(8-20)18-13)5-6-19(15)16(21)9-1-2-9/h3-4,7,9,11,14-15,18,20H,1-2,5-6,8H2/t11-,14+,15-/m1/s1. The number of nitrogens with zero attached hydrogens (tertiary/aromatic N) is 1. The first-order chi connectivity index (χ1) is 10.2. The van der Waals surface area contributed by atoms with Crippen molar-refractivity contribution in [2.45, 2.75) is 31.3 Å². The third kappa shape index (κ3) is 2.18. The molecule has 21 heavy (non-hydrogen) atoms. The molecule has 112 valence electrons. The van der Waals surface area contributed by atoms with E-state index in [4.69, 9.17) is 0 Å². The molecule has 3 aliphatic rings. The van der Waals surface area contributed by atoms with Crippen molar-refractivity contribution in [1.29, 1.82) is 0 Å². The Morgan fingerprint density at radius 3 is 2.90 bits per heavy atom. The van der Waals surface area contributed by atoms with Crippen LogP contribution < -0.4 is 5.32 Å². The van der Waals surface area contributed by atoms with Gasteiger partial charge >= 0.3 is 0 Å². The Balaban J connectivity index is 1.75. The minimum absolute atomic E-state index is 0.0423. The Morgan fingerprint density at radius 2 is 2.19 bits per heavy atom. The van der Waals surface area contributed by atoms with Gasteiger partial charge in [0.25, 0.3) is 0 Å². The predicted molar refractivity (Wildman–Crippen MR) is 83.9 cm³/mol. The number of halogens is 1. The van der Waals surface area contributed by atoms with Crippen molar-refractivity contribution in [2.75, 3.05) is 18.5 Å². The molecule has 2 N–H and O–H groups in total. The lowest BCUT2D eigenvalue weighted by atomic mass is 9.83. The fourth-order valence-corrected chi connectivity index (χ4v) is 4.22. The van der Waals surface area contributed by atoms with Crippen molar-refractivity contribution in [3.63, 3.8) is 0 Å². The number of fused-ring (bicyclic) bond motifs is 3. The van der Waals surface area contributed by atoms with Crippen LogP contribution >= 0.6 is 15.9 Å². The molecule has 1 saturated heterocycles. The molecule has 1 aliphatic carbocycles. The van der Waals surface area contributed by atoms with Gasteiger partial charge in [-0.05, 0) is 43.0 Å². The van der Waals surface area contributed by atoms with Gasteiger partial charge in [-0.3, -0.25) is 4.79 Å². The number of aliphatic hydroxyl groups is 1. The van der Waals surface area contributed by atoms with Crippen LogP contribution in [0.3, 0.4) is 0 Å². The van der Waals surface area contributed by atoms with Crippen LogP contribution in [0.25, 0.3) is 0 Å². The summed E-state index contributed by atoms with van der Waals surface area (Å²) in [5.41, 5.74) is 2.24. The Hall–Kier alpha value is -1.07. The quantitative estimate of drug-likeness (QED) is 0.861. The molecule has 1 amide bonds. The molecule has 0 aromatic heterocycles. The zero-order chi connectivity index (χ0) is 14.6. The molecule has 2 fully saturated rings. The zero-order valence-electron chi connectivity index (χ0n) is 11.8. The number of anilines is 1. The molecule has 1 saturated carbocycles. The van der Waals surface area contributed by atoms with Gasteiger partial charge in [0.05, 0.1) is 18.7 Å². The molecule has 1 aromatic carbocycles. The van der Waals surface area contributed by atoms with E-state index < -0.39 is 0 Å². The van der Waals surface area contributed by atoms with Crippen LogP contribution in [0, 0.1) is 11.8 Å². The fraction of sp³-hybridized carbons (Fsp3) is 0.562. The molecule has 3 atom stereocenters. The van der Waals surface area contributed by atoms with Crippen LogP contribution in [0.2, 0.25) is 0 Å². The highest BCUT2D eigenvalue weighted by molar-refractivity contribution is 9.10. The van der Waals surface area contributed by atoms with Crippen LogP contribution in [0.15, 0.2) is 22.7 Å². The summed E-state index contributed by atoms with van der Waals surface area (Å²) in [6.07, 6.45) is 3.05. The van der Waals surface area contributed by atoms with Gasteiger partial charge in [0.15, 0.2) is 0 Å². The molecule has 5 heteroatoms. The van der Waals surface area contributed by atoms with Crippen molar-refractivity contribution in [2.24, 2.45) is 11.8 Å². The number of nitrogens with one attached hydrogen (secondary N) is 1. The smallest absolute Gasteiger partial charge is 0.226 e. The van der Waals surface area contributed by atoms with Crippen LogP contribution in [0.1, 0.15) is 30.9 Å². The van der Waals surface area contributed by atoms with Crippen LogP contribution in [0.4, 0.5) is 5.69 Å². The van der Waals surface area contributed by atoms with Gasteiger partial charge in [-0.25, -0.2) is 0 Å². The van der Waals surface area contributed by atoms with Gasteiger partial charge in [-0.15, -0.1) is 0 Å². The van der Waals surface area contributed by atoms with Gasteiger partial charge in [0.1, 0.15) is 0 Å². The summed E-state index contributed by atoms with van der Waals surface area (Å²) in [6, 6.07) is 6.31. The predicted octanol–water partition coefficient (Wildman–Crippen LogP) is 2.54. The van der Waals surface area contributed by atoms with E-state index in [1.807, 2.05) is 12.1 Å². The number of benzene rings is 1. The summed E-state index contributed by atoms with van der Waals surface area (Å²) >= 11 is 3.54. The minimum Gasteiger partial charge on any atom is -0.394 e. The van der Waals surface area contributed by atoms with E-state index in [1.165, 1.54) is 5.56 Å². The average molecular weight is 351 g/mol. The van der Waals surface area contributed by atoms with Gasteiger partial charge in [0.2, 0.25) is 5.91 Å². The topological polar surface area (TPSA) is 52.6 Å². The van der Waals surface area contributed by atoms with E-state index in [1.54, 1.807) is 0 Å². The molecule has 0 unspecified atom stereocenters. The molecule has 0 spiro atoms. The zero-order valence-corrected chi connectivity index (χ0v) is 13.3. The van der Waals surface area contributed by atoms with E-state index >= 15 is 0 Å². The Morgan fingerprint density at radius 1 is 1.38 bits per heavy atom. The second kappa shape index (κ2) is 4.99. The largest absolute Gasteiger partial charge is 0.394 e. The van der Waals surface area contributed by atoms with Gasteiger partial charge in [0, 0.05) is 28.5 Å². The van der Waals surface area contributed by atoms with Gasteiger partial charge in [-0.2, -0.15) is 0 Å². The number of aliphatic hydroxyl groups excluding tert-OH is 1. The van der Waals surface area contributed by atoms with Crippen molar-refractivity contribution in [1.82, 2.24) is 4.90 Å². The summed E-state index contributed by atoms with van der Waals surface area (Å²) in [5, 5.41) is 13.1. The van der Waals surface area contributed by atoms with Crippen LogP contribution in [-0.2, 0) is 4.79 Å². The number of rotatable bonds is 2. The number of carbonyl (C=O) groups is 1. The average Bonchev–Trinajstić information content (AvgIpc) is 3.24. The second-order valence-corrected chi connectivity index (χ2v) is 7.28. The number of likely N-dealkylation sites (tertiary alicyclic amines) is 1. The van der Waals surface area contributed by atoms with Crippen molar-refractivity contribution < 1.29 is 9.90 Å². The van der Waals surface area contributed by atoms with Crippen LogP contribution in [-0.4, -0.2) is 35.1 Å². The third-order valence-electron chi connectivity index (χ3n) is 5.04. The highest BCUT2D eigenvalue weighted by Gasteiger charge is 2.48. The molecular weight excluding hydrogens is 332 g/mol. The maximum absolute atomic E-state index is 12.6. The van der Waals surface area contributed by atoms with Gasteiger partial charge < -0.3 is 15.3 Å². The molecule has 4 rings (SSSR count). The maximum atomic E-state index is 12.6. The monoisotopic (exact) mass is 350 g/mol. The lowest BCUT2D eigenvalue weighted by molar-refractivity contribution is -0.134. The lowest BCUT2D eigenvalue weighted by Gasteiger charge is -2.39. The molecule has 4 nitrogen and oxygen atoms in total. The van der Waals surface area contributed by atoms with Crippen LogP contribution in [0.5, 0.6) is 0 Å². The first-order valence-electron chi connectivity index (χ1n) is 7.66. The van der Waals surface area contributed by atoms with E-state index in [-0.39, 0.29) is 24.6 Å². The summed E-state index contributed by atoms with van der Waals surface area (Å²) in [5.74, 6) is 0.869. The number of carbonyl (C=O) groups excluding carboxylic acids is 1.